The molecule has 0 aliphatic rings. The quantitative estimate of drug-likeness (QED) is 0.258. The molecule has 0 bridgehead atoms. The van der Waals surface area contributed by atoms with E-state index in [2.05, 4.69) is 69.6 Å². The van der Waals surface area contributed by atoms with E-state index < -0.39 is 0 Å². The monoisotopic (exact) mass is 504 g/mol. The molecule has 2 aromatic carbocycles. The van der Waals surface area contributed by atoms with Crippen molar-refractivity contribution in [2.24, 2.45) is 0 Å². The van der Waals surface area contributed by atoms with Gasteiger partial charge in [0.15, 0.2) is 10.2 Å². The third-order valence-electron chi connectivity index (χ3n) is 5.37. The maximum absolute atomic E-state index is 5.45. The molecule has 0 saturated carbocycles. The molecule has 2 atom stereocenters. The van der Waals surface area contributed by atoms with E-state index in [1.807, 2.05) is 48.8 Å². The highest BCUT2D eigenvalue weighted by Crippen LogP contribution is 2.14. The Kier molecular flexibility index (Phi) is 8.07. The maximum atomic E-state index is 5.45. The molecule has 2 heterocycles. The topological polar surface area (TPSA) is 83.8 Å². The Morgan fingerprint density at radius 1 is 0.714 bits per heavy atom. The van der Waals surface area contributed by atoms with Crippen molar-refractivity contribution < 1.29 is 0 Å². The largest absolute Gasteiger partial charge is 0.356 e. The van der Waals surface area contributed by atoms with Crippen molar-refractivity contribution in [2.75, 3.05) is 10.6 Å². The first kappa shape index (κ1) is 24.4. The molecule has 35 heavy (non-hydrogen) atoms. The molecule has 8 nitrogen and oxygen atoms in total. The van der Waals surface area contributed by atoms with Crippen LogP contribution in [0.1, 0.15) is 37.1 Å². The van der Waals surface area contributed by atoms with Crippen molar-refractivity contribution in [2.45, 2.75) is 32.6 Å². The summed E-state index contributed by atoms with van der Waals surface area (Å²) in [5.41, 5.74) is 3.93. The fraction of sp³-hybridized carbons (Fsp3) is 0.200. The number of hydrogen-bond donors (Lipinski definition) is 4. The molecule has 180 valence electrons. The maximum Gasteiger partial charge on any atom is 0.171 e. The molecule has 2 aromatic heterocycles. The van der Waals surface area contributed by atoms with Gasteiger partial charge in [-0.05, 0) is 49.4 Å². The molecule has 2 unspecified atom stereocenters. The summed E-state index contributed by atoms with van der Waals surface area (Å²) in [4.78, 5) is 0. The van der Waals surface area contributed by atoms with Gasteiger partial charge in [-0.15, -0.1) is 0 Å². The van der Waals surface area contributed by atoms with Crippen LogP contribution in [0.15, 0.2) is 85.5 Å². The Bertz CT molecular complexity index is 1150. The molecule has 0 aliphatic carbocycles. The van der Waals surface area contributed by atoms with Gasteiger partial charge >= 0.3 is 0 Å². The van der Waals surface area contributed by atoms with Crippen molar-refractivity contribution in [1.82, 2.24) is 30.2 Å². The van der Waals surface area contributed by atoms with Gasteiger partial charge in [0.05, 0.1) is 48.2 Å². The molecule has 0 saturated heterocycles. The molecule has 4 rings (SSSR count). The van der Waals surface area contributed by atoms with Crippen molar-refractivity contribution in [3.8, 4) is 0 Å². The zero-order chi connectivity index (χ0) is 24.6. The van der Waals surface area contributed by atoms with Gasteiger partial charge in [-0.2, -0.15) is 10.2 Å². The summed E-state index contributed by atoms with van der Waals surface area (Å²) in [6, 6.07) is 20.5. The van der Waals surface area contributed by atoms with E-state index in [1.54, 1.807) is 21.8 Å². The Balaban J connectivity index is 1.25. The van der Waals surface area contributed by atoms with Crippen LogP contribution in [-0.2, 0) is 6.67 Å². The van der Waals surface area contributed by atoms with Crippen LogP contribution < -0.4 is 21.3 Å². The predicted octanol–water partition coefficient (Wildman–Crippen LogP) is 4.68. The van der Waals surface area contributed by atoms with Crippen LogP contribution in [0.5, 0.6) is 0 Å². The van der Waals surface area contributed by atoms with E-state index in [0.717, 1.165) is 11.4 Å². The number of thiocarbonyl (C=S) groups is 2. The van der Waals surface area contributed by atoms with E-state index in [1.165, 1.54) is 11.1 Å². The summed E-state index contributed by atoms with van der Waals surface area (Å²) in [5.74, 6) is 0. The van der Waals surface area contributed by atoms with Gasteiger partial charge in [-0.25, -0.2) is 9.36 Å². The van der Waals surface area contributed by atoms with Crippen LogP contribution in [-0.4, -0.2) is 29.8 Å². The molecule has 0 fully saturated rings. The van der Waals surface area contributed by atoms with Gasteiger partial charge in [0.25, 0.3) is 0 Å². The number of anilines is 2. The zero-order valence-corrected chi connectivity index (χ0v) is 21.2. The first-order chi connectivity index (χ1) is 17.0. The minimum absolute atomic E-state index is 0.0949. The lowest BCUT2D eigenvalue weighted by Crippen LogP contribution is -2.30. The predicted molar refractivity (Wildman–Crippen MR) is 148 cm³/mol. The van der Waals surface area contributed by atoms with E-state index >= 15 is 0 Å². The van der Waals surface area contributed by atoms with Gasteiger partial charge in [-0.3, -0.25) is 0 Å². The van der Waals surface area contributed by atoms with Crippen molar-refractivity contribution in [3.05, 3.63) is 96.6 Å². The van der Waals surface area contributed by atoms with Crippen molar-refractivity contribution in [3.63, 3.8) is 0 Å². The minimum atomic E-state index is 0.0949. The summed E-state index contributed by atoms with van der Waals surface area (Å²) >= 11 is 10.9. The first-order valence-corrected chi connectivity index (χ1v) is 12.1. The third kappa shape index (κ3) is 7.11. The highest BCUT2D eigenvalue weighted by atomic mass is 32.1. The van der Waals surface area contributed by atoms with Gasteiger partial charge < -0.3 is 21.3 Å². The van der Waals surface area contributed by atoms with E-state index in [-0.39, 0.29) is 12.1 Å². The Hall–Kier alpha value is -3.76. The normalized spacial score (nSPS) is 12.4. The van der Waals surface area contributed by atoms with Crippen LogP contribution in [0.4, 0.5) is 11.4 Å². The van der Waals surface area contributed by atoms with Gasteiger partial charge in [0.1, 0.15) is 6.67 Å². The highest BCUT2D eigenvalue weighted by molar-refractivity contribution is 7.80. The fourth-order valence-electron chi connectivity index (χ4n) is 3.54. The minimum Gasteiger partial charge on any atom is -0.356 e. The van der Waals surface area contributed by atoms with Gasteiger partial charge in [-0.1, -0.05) is 60.7 Å². The smallest absolute Gasteiger partial charge is 0.171 e. The lowest BCUT2D eigenvalue weighted by molar-refractivity contribution is 0.503. The van der Waals surface area contributed by atoms with E-state index in [0.29, 0.717) is 16.9 Å². The zero-order valence-electron chi connectivity index (χ0n) is 19.6. The lowest BCUT2D eigenvalue weighted by atomic mass is 10.1. The lowest BCUT2D eigenvalue weighted by Gasteiger charge is -2.16. The van der Waals surface area contributed by atoms with Crippen molar-refractivity contribution >= 4 is 46.0 Å². The van der Waals surface area contributed by atoms with Crippen LogP contribution >= 0.6 is 24.4 Å². The molecule has 10 heteroatoms. The first-order valence-electron chi connectivity index (χ1n) is 11.3. The summed E-state index contributed by atoms with van der Waals surface area (Å²) in [7, 11) is 0. The van der Waals surface area contributed by atoms with Crippen LogP contribution in [0, 0.1) is 0 Å². The highest BCUT2D eigenvalue weighted by Gasteiger charge is 2.09. The Labute approximate surface area is 215 Å². The number of rotatable bonds is 8. The average Bonchev–Trinajstić information content (AvgIpc) is 3.49. The molecule has 0 aliphatic heterocycles. The number of nitrogens with zero attached hydrogens (tertiary/aromatic N) is 4. The summed E-state index contributed by atoms with van der Waals surface area (Å²) < 4.78 is 3.55. The molecule has 4 aromatic rings. The van der Waals surface area contributed by atoms with Crippen LogP contribution in [0.3, 0.4) is 0 Å². The average molecular weight is 505 g/mol. The van der Waals surface area contributed by atoms with Gasteiger partial charge in [0, 0.05) is 0 Å². The van der Waals surface area contributed by atoms with Gasteiger partial charge in [0.2, 0.25) is 0 Å². The second kappa shape index (κ2) is 11.6. The van der Waals surface area contributed by atoms with Crippen LogP contribution in [0.25, 0.3) is 0 Å². The standard InChI is InChI=1S/C25H28N8S2/c1-18(20-9-5-3-6-10-20)28-24(34)30-22-13-26-32(15-22)17-33-16-23(14-27-33)31-25(35)29-19(2)21-11-7-4-8-12-21/h3-16,18-19H,17H2,1-2H3,(H2,28,30,34)(H2,29,31,35). The number of hydrogen-bond acceptors (Lipinski definition) is 4. The number of benzene rings is 2. The number of aromatic nitrogens is 4. The summed E-state index contributed by atoms with van der Waals surface area (Å²) in [6.07, 6.45) is 7.22. The second-order valence-electron chi connectivity index (χ2n) is 8.14. The molecule has 0 amide bonds. The van der Waals surface area contributed by atoms with Crippen molar-refractivity contribution in [1.29, 1.82) is 0 Å². The Morgan fingerprint density at radius 2 is 1.11 bits per heavy atom. The second-order valence-corrected chi connectivity index (χ2v) is 8.96. The molecular weight excluding hydrogens is 476 g/mol. The molecule has 0 radical (unpaired) electrons. The fourth-order valence-corrected chi connectivity index (χ4v) is 4.13. The van der Waals surface area contributed by atoms with E-state index in [9.17, 15) is 0 Å². The van der Waals surface area contributed by atoms with E-state index in [4.69, 9.17) is 24.4 Å². The van der Waals surface area contributed by atoms with Crippen LogP contribution in [0.2, 0.25) is 0 Å². The molecule has 0 spiro atoms. The summed E-state index contributed by atoms with van der Waals surface area (Å²) in [6.45, 7) is 4.59. The third-order valence-corrected chi connectivity index (χ3v) is 5.81. The SMILES string of the molecule is CC(NC(=S)Nc1cnn(Cn2cc(NC(=S)NC(C)c3ccccc3)cn2)c1)c1ccccc1. The molecular formula is C25H28N8S2. The summed E-state index contributed by atoms with van der Waals surface area (Å²) in [5, 5.41) is 22.8. The molecule has 4 N–H and O–H groups in total. The Morgan fingerprint density at radius 3 is 1.51 bits per heavy atom. The number of nitrogens with one attached hydrogen (secondary N) is 4.